The summed E-state index contributed by atoms with van der Waals surface area (Å²) in [6.07, 6.45) is 3.90. The molecule has 0 aromatic heterocycles. The summed E-state index contributed by atoms with van der Waals surface area (Å²) in [6, 6.07) is 7.25. The molecule has 3 rings (SSSR count). The third-order valence-corrected chi connectivity index (χ3v) is 5.37. The normalized spacial score (nSPS) is 18.3. The van der Waals surface area contributed by atoms with Crippen molar-refractivity contribution >= 4 is 5.78 Å². The van der Waals surface area contributed by atoms with Gasteiger partial charge in [0.2, 0.25) is 5.78 Å². The van der Waals surface area contributed by atoms with Crippen LogP contribution >= 0.6 is 0 Å². The first-order chi connectivity index (χ1) is 14.7. The second-order valence-corrected chi connectivity index (χ2v) is 8.12. The standard InChI is InChI=1S/C25H28O6/c1-14(2)5-4-6-15(3)7-8-16-10-12-20-21(22(16)28)23(29)24(30)25(31-20)17-9-11-18(26)19(27)13-17/h5,7,9-13,24-28,30H,4,6,8H2,1-3H3/b15-7+. The third kappa shape index (κ3) is 4.91. The largest absolute Gasteiger partial charge is 0.507 e. The SMILES string of the molecule is CC(C)=CCC/C(C)=C/Cc1ccc2c(c1O)C(=O)C(O)C(c1ccc(O)c(O)c1)O2. The Hall–Kier alpha value is -3.25. The second-order valence-electron chi connectivity index (χ2n) is 8.12. The lowest BCUT2D eigenvalue weighted by molar-refractivity contribution is 0.0210. The van der Waals surface area contributed by atoms with Crippen molar-refractivity contribution in [3.8, 4) is 23.0 Å². The summed E-state index contributed by atoms with van der Waals surface area (Å²) >= 11 is 0. The Labute approximate surface area is 181 Å². The van der Waals surface area contributed by atoms with Crippen LogP contribution in [-0.2, 0) is 6.42 Å². The number of phenols is 3. The van der Waals surface area contributed by atoms with E-state index in [2.05, 4.69) is 19.9 Å². The number of rotatable bonds is 6. The zero-order valence-corrected chi connectivity index (χ0v) is 17.9. The molecule has 2 unspecified atom stereocenters. The number of carbonyl (C=O) groups excluding carboxylic acids is 1. The fraction of sp³-hybridized carbons (Fsp3) is 0.320. The van der Waals surface area contributed by atoms with Gasteiger partial charge in [0.1, 0.15) is 17.1 Å². The number of hydrogen-bond acceptors (Lipinski definition) is 6. The number of fused-ring (bicyclic) bond motifs is 1. The first kappa shape index (κ1) is 22.4. The van der Waals surface area contributed by atoms with Crippen molar-refractivity contribution in [3.63, 3.8) is 0 Å². The minimum atomic E-state index is -1.56. The van der Waals surface area contributed by atoms with Gasteiger partial charge in [-0.3, -0.25) is 4.79 Å². The number of aliphatic hydroxyl groups excluding tert-OH is 1. The maximum atomic E-state index is 12.8. The van der Waals surface area contributed by atoms with E-state index in [1.54, 1.807) is 12.1 Å². The highest BCUT2D eigenvalue weighted by Gasteiger charge is 2.39. The number of ether oxygens (including phenoxy) is 1. The van der Waals surface area contributed by atoms with Gasteiger partial charge in [0, 0.05) is 0 Å². The van der Waals surface area contributed by atoms with Crippen molar-refractivity contribution in [1.82, 2.24) is 0 Å². The molecule has 1 aliphatic rings. The van der Waals surface area contributed by atoms with Crippen molar-refractivity contribution in [2.24, 2.45) is 0 Å². The van der Waals surface area contributed by atoms with E-state index in [-0.39, 0.29) is 28.6 Å². The zero-order valence-electron chi connectivity index (χ0n) is 17.9. The molecule has 0 saturated carbocycles. The molecule has 0 bridgehead atoms. The predicted octanol–water partition coefficient (Wildman–Crippen LogP) is 4.72. The summed E-state index contributed by atoms with van der Waals surface area (Å²) in [5.74, 6) is -1.37. The van der Waals surface area contributed by atoms with Gasteiger partial charge in [-0.05, 0) is 69.4 Å². The maximum absolute atomic E-state index is 12.8. The Balaban J connectivity index is 1.83. The first-order valence-electron chi connectivity index (χ1n) is 10.2. The van der Waals surface area contributed by atoms with Gasteiger partial charge in [-0.25, -0.2) is 0 Å². The van der Waals surface area contributed by atoms with Gasteiger partial charge in [-0.2, -0.15) is 0 Å². The van der Waals surface area contributed by atoms with E-state index in [4.69, 9.17) is 4.74 Å². The number of allylic oxidation sites excluding steroid dienone is 4. The van der Waals surface area contributed by atoms with E-state index in [1.807, 2.05) is 13.0 Å². The lowest BCUT2D eigenvalue weighted by Crippen LogP contribution is -2.36. The van der Waals surface area contributed by atoms with Crippen LogP contribution in [0.2, 0.25) is 0 Å². The Bertz CT molecular complexity index is 1050. The Morgan fingerprint density at radius 1 is 1.03 bits per heavy atom. The molecule has 2 aromatic carbocycles. The van der Waals surface area contributed by atoms with Crippen LogP contribution in [0.3, 0.4) is 0 Å². The molecule has 0 spiro atoms. The Morgan fingerprint density at radius 2 is 1.77 bits per heavy atom. The Morgan fingerprint density at radius 3 is 2.45 bits per heavy atom. The average molecular weight is 424 g/mol. The van der Waals surface area contributed by atoms with Crippen LogP contribution in [0.25, 0.3) is 0 Å². The van der Waals surface area contributed by atoms with E-state index >= 15 is 0 Å². The summed E-state index contributed by atoms with van der Waals surface area (Å²) in [7, 11) is 0. The number of phenolic OH excluding ortho intramolecular Hbond substituents is 3. The molecular weight excluding hydrogens is 396 g/mol. The van der Waals surface area contributed by atoms with Crippen LogP contribution in [0.1, 0.15) is 61.2 Å². The average Bonchev–Trinajstić information content (AvgIpc) is 2.71. The van der Waals surface area contributed by atoms with Crippen LogP contribution in [0, 0.1) is 0 Å². The quantitative estimate of drug-likeness (QED) is 0.395. The number of aromatic hydroxyl groups is 3. The topological polar surface area (TPSA) is 107 Å². The molecule has 0 amide bonds. The molecule has 6 nitrogen and oxygen atoms in total. The number of Topliss-reactive ketones (excluding diaryl/α,β-unsaturated/α-hetero) is 1. The van der Waals surface area contributed by atoms with Crippen LogP contribution in [-0.4, -0.2) is 32.3 Å². The van der Waals surface area contributed by atoms with Gasteiger partial charge in [0.15, 0.2) is 23.7 Å². The van der Waals surface area contributed by atoms with Crippen molar-refractivity contribution < 1.29 is 30.0 Å². The van der Waals surface area contributed by atoms with E-state index < -0.39 is 18.0 Å². The van der Waals surface area contributed by atoms with Gasteiger partial charge in [-0.15, -0.1) is 0 Å². The molecule has 4 N–H and O–H groups in total. The highest BCUT2D eigenvalue weighted by atomic mass is 16.5. The molecule has 0 aliphatic carbocycles. The maximum Gasteiger partial charge on any atom is 0.202 e. The fourth-order valence-corrected chi connectivity index (χ4v) is 3.55. The van der Waals surface area contributed by atoms with Crippen molar-refractivity contribution in [3.05, 3.63) is 70.3 Å². The molecule has 6 heteroatoms. The van der Waals surface area contributed by atoms with Crippen LogP contribution < -0.4 is 4.74 Å². The highest BCUT2D eigenvalue weighted by Crippen LogP contribution is 2.42. The summed E-state index contributed by atoms with van der Waals surface area (Å²) in [6.45, 7) is 6.16. The molecule has 164 valence electrons. The van der Waals surface area contributed by atoms with Crippen LogP contribution in [0.4, 0.5) is 0 Å². The molecule has 1 heterocycles. The van der Waals surface area contributed by atoms with E-state index in [9.17, 15) is 25.2 Å². The molecule has 0 fully saturated rings. The zero-order chi connectivity index (χ0) is 22.7. The summed E-state index contributed by atoms with van der Waals surface area (Å²) in [5, 5.41) is 40.4. The van der Waals surface area contributed by atoms with Crippen molar-refractivity contribution in [1.29, 1.82) is 0 Å². The third-order valence-electron chi connectivity index (χ3n) is 5.37. The lowest BCUT2D eigenvalue weighted by atomic mass is 9.91. The van der Waals surface area contributed by atoms with E-state index in [1.165, 1.54) is 29.3 Å². The second kappa shape index (κ2) is 9.27. The molecule has 2 aromatic rings. The van der Waals surface area contributed by atoms with E-state index in [0.717, 1.165) is 12.8 Å². The number of ketones is 1. The summed E-state index contributed by atoms with van der Waals surface area (Å²) < 4.78 is 5.79. The molecule has 31 heavy (non-hydrogen) atoms. The minimum absolute atomic E-state index is 0.0418. The summed E-state index contributed by atoms with van der Waals surface area (Å²) in [5.41, 5.74) is 3.33. The molecule has 2 atom stereocenters. The summed E-state index contributed by atoms with van der Waals surface area (Å²) in [4.78, 5) is 12.8. The van der Waals surface area contributed by atoms with Crippen molar-refractivity contribution in [2.45, 2.75) is 52.2 Å². The first-order valence-corrected chi connectivity index (χ1v) is 10.2. The van der Waals surface area contributed by atoms with Gasteiger partial charge in [0.05, 0.1) is 0 Å². The van der Waals surface area contributed by atoms with Gasteiger partial charge < -0.3 is 25.2 Å². The molecule has 0 radical (unpaired) electrons. The van der Waals surface area contributed by atoms with Gasteiger partial charge >= 0.3 is 0 Å². The van der Waals surface area contributed by atoms with Gasteiger partial charge in [0.25, 0.3) is 0 Å². The van der Waals surface area contributed by atoms with Crippen molar-refractivity contribution in [2.75, 3.05) is 0 Å². The fourth-order valence-electron chi connectivity index (χ4n) is 3.55. The van der Waals surface area contributed by atoms with E-state index in [0.29, 0.717) is 17.5 Å². The van der Waals surface area contributed by atoms with Crippen LogP contribution in [0.15, 0.2) is 53.6 Å². The smallest absolute Gasteiger partial charge is 0.202 e. The predicted molar refractivity (Wildman–Crippen MR) is 118 cm³/mol. The molecule has 1 aliphatic heterocycles. The number of hydrogen-bond donors (Lipinski definition) is 4. The number of benzene rings is 2. The van der Waals surface area contributed by atoms with Gasteiger partial charge in [-0.1, -0.05) is 35.4 Å². The lowest BCUT2D eigenvalue weighted by Gasteiger charge is -2.30. The monoisotopic (exact) mass is 424 g/mol. The minimum Gasteiger partial charge on any atom is -0.507 e. The Kier molecular flexibility index (Phi) is 6.71. The number of aliphatic hydroxyl groups is 1. The molecular formula is C25H28O6. The molecule has 0 saturated heterocycles. The number of carbonyl (C=O) groups is 1. The highest BCUT2D eigenvalue weighted by molar-refractivity contribution is 6.05. The van der Waals surface area contributed by atoms with Crippen LogP contribution in [0.5, 0.6) is 23.0 Å².